The number of rotatable bonds is 5. The lowest BCUT2D eigenvalue weighted by Gasteiger charge is -2.08. The van der Waals surface area contributed by atoms with Gasteiger partial charge in [-0.15, -0.1) is 11.3 Å². The number of hydrogen-bond donors (Lipinski definition) is 2. The molecule has 3 rings (SSSR count). The molecule has 1 aliphatic rings. The fourth-order valence-electron chi connectivity index (χ4n) is 2.46. The van der Waals surface area contributed by atoms with Gasteiger partial charge in [-0.25, -0.2) is 4.39 Å². The summed E-state index contributed by atoms with van der Waals surface area (Å²) in [5.74, 6) is 0.310. The van der Waals surface area contributed by atoms with E-state index < -0.39 is 0 Å². The molecular weight excluding hydrogens is 285 g/mol. The standard InChI is InChI=1S/C16H16FN3S/c17-12-4-2-1-3-10(12)7-8-20-16-14(11-5-6-11)15(19)13(9-18)21-16/h1-4,11,20H,5-8,19H2. The predicted octanol–water partition coefficient (Wildman–Crippen LogP) is 3.87. The van der Waals surface area contributed by atoms with Gasteiger partial charge in [0.25, 0.3) is 0 Å². The van der Waals surface area contributed by atoms with Crippen molar-refractivity contribution in [2.24, 2.45) is 0 Å². The van der Waals surface area contributed by atoms with Crippen LogP contribution in [0.1, 0.15) is 34.8 Å². The third-order valence-electron chi connectivity index (χ3n) is 3.71. The SMILES string of the molecule is N#Cc1sc(NCCc2ccccc2F)c(C2CC2)c1N. The Hall–Kier alpha value is -2.06. The largest absolute Gasteiger partial charge is 0.397 e. The third-order valence-corrected chi connectivity index (χ3v) is 4.79. The Bertz CT molecular complexity index is 698. The fourth-order valence-corrected chi connectivity index (χ4v) is 3.49. The van der Waals surface area contributed by atoms with Crippen molar-refractivity contribution in [1.29, 1.82) is 5.26 Å². The van der Waals surface area contributed by atoms with Gasteiger partial charge in [-0.1, -0.05) is 18.2 Å². The van der Waals surface area contributed by atoms with Crippen molar-refractivity contribution in [3.8, 4) is 6.07 Å². The summed E-state index contributed by atoms with van der Waals surface area (Å²) in [4.78, 5) is 0.574. The first-order valence-electron chi connectivity index (χ1n) is 7.00. The normalized spacial score (nSPS) is 13.9. The number of nitrogens with two attached hydrogens (primary N) is 1. The molecule has 0 amide bonds. The Morgan fingerprint density at radius 3 is 2.81 bits per heavy atom. The number of halogens is 1. The number of nitrogen functional groups attached to an aromatic ring is 1. The molecule has 2 aromatic rings. The van der Waals surface area contributed by atoms with Crippen LogP contribution in [0.25, 0.3) is 0 Å². The van der Waals surface area contributed by atoms with E-state index in [9.17, 15) is 4.39 Å². The zero-order chi connectivity index (χ0) is 14.8. The van der Waals surface area contributed by atoms with E-state index in [2.05, 4.69) is 11.4 Å². The monoisotopic (exact) mass is 301 g/mol. The molecule has 0 atom stereocenters. The first kappa shape index (κ1) is 13.9. The van der Waals surface area contributed by atoms with E-state index in [0.29, 0.717) is 35.0 Å². The van der Waals surface area contributed by atoms with E-state index in [0.717, 1.165) is 23.4 Å². The zero-order valence-corrected chi connectivity index (χ0v) is 12.3. The lowest BCUT2D eigenvalue weighted by Crippen LogP contribution is -2.06. The van der Waals surface area contributed by atoms with E-state index in [1.165, 1.54) is 17.4 Å². The molecule has 0 aliphatic heterocycles. The van der Waals surface area contributed by atoms with E-state index in [1.54, 1.807) is 12.1 Å². The van der Waals surface area contributed by atoms with Crippen LogP contribution in [0, 0.1) is 17.1 Å². The second kappa shape index (κ2) is 5.74. The van der Waals surface area contributed by atoms with Gasteiger partial charge < -0.3 is 11.1 Å². The summed E-state index contributed by atoms with van der Waals surface area (Å²) in [5.41, 5.74) is 8.46. The second-order valence-corrected chi connectivity index (χ2v) is 6.26. The molecule has 1 aliphatic carbocycles. The molecule has 1 fully saturated rings. The molecular formula is C16H16FN3S. The lowest BCUT2D eigenvalue weighted by atomic mass is 10.1. The van der Waals surface area contributed by atoms with Gasteiger partial charge in [0.15, 0.2) is 0 Å². The van der Waals surface area contributed by atoms with E-state index in [-0.39, 0.29) is 5.82 Å². The van der Waals surface area contributed by atoms with Gasteiger partial charge in [0, 0.05) is 12.1 Å². The van der Waals surface area contributed by atoms with Crippen molar-refractivity contribution in [1.82, 2.24) is 0 Å². The van der Waals surface area contributed by atoms with Crippen molar-refractivity contribution in [3.63, 3.8) is 0 Å². The van der Waals surface area contributed by atoms with E-state index >= 15 is 0 Å². The topological polar surface area (TPSA) is 61.8 Å². The molecule has 0 bridgehead atoms. The first-order chi connectivity index (χ1) is 10.2. The molecule has 1 saturated carbocycles. The molecule has 21 heavy (non-hydrogen) atoms. The maximum absolute atomic E-state index is 13.6. The van der Waals surface area contributed by atoms with Crippen molar-refractivity contribution in [2.45, 2.75) is 25.2 Å². The summed E-state index contributed by atoms with van der Waals surface area (Å²) in [5, 5.41) is 13.4. The maximum Gasteiger partial charge on any atom is 0.130 e. The van der Waals surface area contributed by atoms with Crippen molar-refractivity contribution < 1.29 is 4.39 Å². The van der Waals surface area contributed by atoms with E-state index in [4.69, 9.17) is 11.0 Å². The Balaban J connectivity index is 1.71. The van der Waals surface area contributed by atoms with Crippen LogP contribution in [-0.4, -0.2) is 6.54 Å². The van der Waals surface area contributed by atoms with Crippen molar-refractivity contribution >= 4 is 22.0 Å². The number of nitrogens with zero attached hydrogens (tertiary/aromatic N) is 1. The number of thiophene rings is 1. The molecule has 1 aromatic carbocycles. The highest BCUT2D eigenvalue weighted by Crippen LogP contribution is 2.50. The molecule has 3 N–H and O–H groups in total. The van der Waals surface area contributed by atoms with Crippen molar-refractivity contribution in [2.75, 3.05) is 17.6 Å². The van der Waals surface area contributed by atoms with Crippen LogP contribution in [0.5, 0.6) is 0 Å². The Morgan fingerprint density at radius 2 is 2.14 bits per heavy atom. The van der Waals surface area contributed by atoms with Crippen LogP contribution in [0.15, 0.2) is 24.3 Å². The molecule has 0 spiro atoms. The summed E-state index contributed by atoms with van der Waals surface area (Å²) < 4.78 is 13.6. The van der Waals surface area contributed by atoms with Gasteiger partial charge in [0.2, 0.25) is 0 Å². The van der Waals surface area contributed by atoms with Crippen LogP contribution in [-0.2, 0) is 6.42 Å². The van der Waals surface area contributed by atoms with Gasteiger partial charge in [0.05, 0.1) is 10.7 Å². The van der Waals surface area contributed by atoms with Crippen LogP contribution in [0.3, 0.4) is 0 Å². The smallest absolute Gasteiger partial charge is 0.130 e. The number of anilines is 2. The minimum atomic E-state index is -0.176. The van der Waals surface area contributed by atoms with Gasteiger partial charge in [-0.2, -0.15) is 5.26 Å². The zero-order valence-electron chi connectivity index (χ0n) is 11.5. The predicted molar refractivity (Wildman–Crippen MR) is 84.0 cm³/mol. The first-order valence-corrected chi connectivity index (χ1v) is 7.82. The van der Waals surface area contributed by atoms with Crippen LogP contribution >= 0.6 is 11.3 Å². The Labute approximate surface area is 127 Å². The minimum Gasteiger partial charge on any atom is -0.397 e. The summed E-state index contributed by atoms with van der Waals surface area (Å²) in [6, 6.07) is 8.95. The maximum atomic E-state index is 13.6. The van der Waals surface area contributed by atoms with Crippen LogP contribution < -0.4 is 11.1 Å². The number of nitrogens with one attached hydrogen (secondary N) is 1. The number of nitriles is 1. The summed E-state index contributed by atoms with van der Waals surface area (Å²) in [7, 11) is 0. The number of benzene rings is 1. The highest BCUT2D eigenvalue weighted by atomic mass is 32.1. The van der Waals surface area contributed by atoms with Crippen molar-refractivity contribution in [3.05, 3.63) is 46.1 Å². The molecule has 1 aromatic heterocycles. The average molecular weight is 301 g/mol. The highest BCUT2D eigenvalue weighted by molar-refractivity contribution is 7.17. The Kier molecular flexibility index (Phi) is 3.80. The van der Waals surface area contributed by atoms with Gasteiger partial charge in [-0.3, -0.25) is 0 Å². The minimum absolute atomic E-state index is 0.176. The summed E-state index contributed by atoms with van der Waals surface area (Å²) >= 11 is 1.40. The Morgan fingerprint density at radius 1 is 1.38 bits per heavy atom. The quantitative estimate of drug-likeness (QED) is 0.881. The molecule has 3 nitrogen and oxygen atoms in total. The van der Waals surface area contributed by atoms with Crippen LogP contribution in [0.2, 0.25) is 0 Å². The van der Waals surface area contributed by atoms with Gasteiger partial charge in [0.1, 0.15) is 16.8 Å². The summed E-state index contributed by atoms with van der Waals surface area (Å²) in [6.45, 7) is 0.630. The third kappa shape index (κ3) is 2.86. The van der Waals surface area contributed by atoms with Gasteiger partial charge in [-0.05, 0) is 36.8 Å². The fraction of sp³-hybridized carbons (Fsp3) is 0.312. The number of hydrogen-bond acceptors (Lipinski definition) is 4. The average Bonchev–Trinajstić information content (AvgIpc) is 3.26. The van der Waals surface area contributed by atoms with Crippen LogP contribution in [0.4, 0.5) is 15.1 Å². The highest BCUT2D eigenvalue weighted by Gasteiger charge is 2.31. The van der Waals surface area contributed by atoms with E-state index in [1.807, 2.05) is 6.07 Å². The molecule has 0 unspecified atom stereocenters. The molecule has 5 heteroatoms. The van der Waals surface area contributed by atoms with Gasteiger partial charge >= 0.3 is 0 Å². The second-order valence-electron chi connectivity index (χ2n) is 5.24. The molecule has 1 heterocycles. The molecule has 0 saturated heterocycles. The molecule has 108 valence electrons. The molecule has 0 radical (unpaired) electrons. The summed E-state index contributed by atoms with van der Waals surface area (Å²) in [6.07, 6.45) is 2.87. The lowest BCUT2D eigenvalue weighted by molar-refractivity contribution is 0.610.